The Hall–Kier alpha value is -4.26. The van der Waals surface area contributed by atoms with Crippen molar-refractivity contribution < 1.29 is 9.18 Å². The van der Waals surface area contributed by atoms with E-state index < -0.39 is 6.04 Å². The molecule has 1 aromatic heterocycles. The number of nitrogens with zero attached hydrogens (tertiary/aromatic N) is 2. The van der Waals surface area contributed by atoms with Crippen molar-refractivity contribution in [3.63, 3.8) is 0 Å². The Morgan fingerprint density at radius 2 is 1.57 bits per heavy atom. The van der Waals surface area contributed by atoms with E-state index in [-0.39, 0.29) is 11.7 Å². The van der Waals surface area contributed by atoms with E-state index >= 15 is 0 Å². The molecule has 3 aromatic carbocycles. The van der Waals surface area contributed by atoms with Gasteiger partial charge in [-0.25, -0.2) is 9.37 Å². The summed E-state index contributed by atoms with van der Waals surface area (Å²) in [7, 11) is 0. The number of carbonyl (C=O) groups excluding carboxylic acids is 1. The molecule has 4 rings (SSSR count). The highest BCUT2D eigenvalue weighted by Gasteiger charge is 2.20. The topological polar surface area (TPSA) is 78.9 Å². The molecule has 4 aromatic rings. The molecule has 7 heteroatoms. The molecule has 0 fully saturated rings. The fourth-order valence-electron chi connectivity index (χ4n) is 3.95. The van der Waals surface area contributed by atoms with Gasteiger partial charge in [-0.1, -0.05) is 72.3 Å². The summed E-state index contributed by atoms with van der Waals surface area (Å²) in [5, 5.41) is 9.62. The number of halogens is 1. The van der Waals surface area contributed by atoms with Crippen LogP contribution in [0.25, 0.3) is 0 Å². The standard InChI is InChI=1S/C30H32FN5O/c1-21-8-10-25(11-9-21)20-33-29(37)27(19-24-6-4-3-5-7-24)35-28-18-22(2)34-30(36-28)32-17-16-23-12-14-26(31)15-13-23/h3-15,18,27H,16-17,19-20H2,1-2H3,(H,33,37)(H2,32,34,35,36)/t27-/m0/s1. The first-order chi connectivity index (χ1) is 17.9. The lowest BCUT2D eigenvalue weighted by Gasteiger charge is -2.20. The van der Waals surface area contributed by atoms with E-state index in [9.17, 15) is 9.18 Å². The predicted octanol–water partition coefficient (Wildman–Crippen LogP) is 5.23. The second-order valence-electron chi connectivity index (χ2n) is 9.11. The minimum Gasteiger partial charge on any atom is -0.358 e. The lowest BCUT2D eigenvalue weighted by molar-refractivity contribution is -0.122. The number of carbonyl (C=O) groups is 1. The minimum absolute atomic E-state index is 0.105. The smallest absolute Gasteiger partial charge is 0.243 e. The molecule has 6 nitrogen and oxygen atoms in total. The van der Waals surface area contributed by atoms with Crippen molar-refractivity contribution in [2.24, 2.45) is 0 Å². The van der Waals surface area contributed by atoms with Crippen molar-refractivity contribution >= 4 is 17.7 Å². The Labute approximate surface area is 217 Å². The number of anilines is 2. The third kappa shape index (κ3) is 8.14. The van der Waals surface area contributed by atoms with Crippen LogP contribution in [0.5, 0.6) is 0 Å². The first-order valence-electron chi connectivity index (χ1n) is 12.4. The lowest BCUT2D eigenvalue weighted by Crippen LogP contribution is -2.41. The van der Waals surface area contributed by atoms with E-state index in [1.54, 1.807) is 12.1 Å². The SMILES string of the molecule is Cc1ccc(CNC(=O)[C@H](Cc2ccccc2)Nc2cc(C)nc(NCCc3ccc(F)cc3)n2)cc1. The molecule has 37 heavy (non-hydrogen) atoms. The molecule has 0 unspecified atom stereocenters. The number of rotatable bonds is 11. The first kappa shape index (κ1) is 25.8. The van der Waals surface area contributed by atoms with Crippen LogP contribution in [0, 0.1) is 19.7 Å². The summed E-state index contributed by atoms with van der Waals surface area (Å²) in [6, 6.07) is 25.8. The third-order valence-corrected chi connectivity index (χ3v) is 5.97. The zero-order valence-electron chi connectivity index (χ0n) is 21.2. The number of aryl methyl sites for hydroxylation is 2. The van der Waals surface area contributed by atoms with Crippen molar-refractivity contribution in [1.29, 1.82) is 0 Å². The fourth-order valence-corrected chi connectivity index (χ4v) is 3.95. The van der Waals surface area contributed by atoms with E-state index in [0.29, 0.717) is 37.7 Å². The number of hydrogen-bond acceptors (Lipinski definition) is 5. The van der Waals surface area contributed by atoms with E-state index in [4.69, 9.17) is 0 Å². The van der Waals surface area contributed by atoms with Crippen LogP contribution >= 0.6 is 0 Å². The fraction of sp³-hybridized carbons (Fsp3) is 0.233. The summed E-state index contributed by atoms with van der Waals surface area (Å²) in [5.74, 6) is 0.695. The largest absolute Gasteiger partial charge is 0.358 e. The maximum absolute atomic E-state index is 13.3. The third-order valence-electron chi connectivity index (χ3n) is 5.97. The molecule has 0 saturated carbocycles. The monoisotopic (exact) mass is 497 g/mol. The van der Waals surface area contributed by atoms with Crippen LogP contribution in [0.4, 0.5) is 16.2 Å². The van der Waals surface area contributed by atoms with Crippen LogP contribution in [0.15, 0.2) is 84.9 Å². The number of hydrogen-bond donors (Lipinski definition) is 3. The van der Waals surface area contributed by atoms with E-state index in [1.165, 1.54) is 17.7 Å². The summed E-state index contributed by atoms with van der Waals surface area (Å²) in [6.45, 7) is 4.98. The Morgan fingerprint density at radius 3 is 2.30 bits per heavy atom. The molecule has 3 N–H and O–H groups in total. The maximum atomic E-state index is 13.3. The molecule has 0 aliphatic heterocycles. The Morgan fingerprint density at radius 1 is 0.865 bits per heavy atom. The van der Waals surface area contributed by atoms with Crippen LogP contribution in [-0.2, 0) is 24.2 Å². The molecule has 1 atom stereocenters. The van der Waals surface area contributed by atoms with Crippen molar-refractivity contribution in [2.45, 2.75) is 39.3 Å². The van der Waals surface area contributed by atoms with Crippen LogP contribution in [-0.4, -0.2) is 28.5 Å². The lowest BCUT2D eigenvalue weighted by atomic mass is 10.0. The molecular weight excluding hydrogens is 465 g/mol. The predicted molar refractivity (Wildman–Crippen MR) is 146 cm³/mol. The van der Waals surface area contributed by atoms with Crippen molar-refractivity contribution in [3.8, 4) is 0 Å². The van der Waals surface area contributed by atoms with Crippen molar-refractivity contribution in [1.82, 2.24) is 15.3 Å². The summed E-state index contributed by atoms with van der Waals surface area (Å²) in [4.78, 5) is 22.3. The van der Waals surface area contributed by atoms with Gasteiger partial charge in [0.2, 0.25) is 11.9 Å². The molecule has 0 bridgehead atoms. The highest BCUT2D eigenvalue weighted by Crippen LogP contribution is 2.14. The molecular formula is C30H32FN5O. The highest BCUT2D eigenvalue weighted by molar-refractivity contribution is 5.84. The summed E-state index contributed by atoms with van der Waals surface area (Å²) < 4.78 is 13.1. The molecule has 0 aliphatic rings. The van der Waals surface area contributed by atoms with Gasteiger partial charge >= 0.3 is 0 Å². The van der Waals surface area contributed by atoms with Crippen LogP contribution in [0.1, 0.15) is 27.9 Å². The number of amides is 1. The summed E-state index contributed by atoms with van der Waals surface area (Å²) in [6.07, 6.45) is 1.22. The van der Waals surface area contributed by atoms with Gasteiger partial charge in [0.25, 0.3) is 0 Å². The zero-order chi connectivity index (χ0) is 26.0. The van der Waals surface area contributed by atoms with Gasteiger partial charge in [0.05, 0.1) is 0 Å². The van der Waals surface area contributed by atoms with Gasteiger partial charge in [0.15, 0.2) is 0 Å². The van der Waals surface area contributed by atoms with Crippen LogP contribution in [0.3, 0.4) is 0 Å². The molecule has 0 saturated heterocycles. The van der Waals surface area contributed by atoms with E-state index in [1.807, 2.05) is 74.5 Å². The van der Waals surface area contributed by atoms with Gasteiger partial charge < -0.3 is 16.0 Å². The average molecular weight is 498 g/mol. The second-order valence-corrected chi connectivity index (χ2v) is 9.11. The van der Waals surface area contributed by atoms with E-state index in [0.717, 1.165) is 22.4 Å². The van der Waals surface area contributed by atoms with Crippen LogP contribution in [0.2, 0.25) is 0 Å². The van der Waals surface area contributed by atoms with Gasteiger partial charge in [0, 0.05) is 31.3 Å². The molecule has 0 radical (unpaired) electrons. The quantitative estimate of drug-likeness (QED) is 0.265. The minimum atomic E-state index is -0.519. The molecule has 1 heterocycles. The molecule has 190 valence electrons. The van der Waals surface area contributed by atoms with E-state index in [2.05, 4.69) is 25.9 Å². The van der Waals surface area contributed by atoms with Gasteiger partial charge in [0.1, 0.15) is 17.7 Å². The molecule has 0 spiro atoms. The van der Waals surface area contributed by atoms with Gasteiger partial charge in [-0.2, -0.15) is 4.98 Å². The Balaban J connectivity index is 1.43. The van der Waals surface area contributed by atoms with Crippen molar-refractivity contribution in [3.05, 3.63) is 119 Å². The van der Waals surface area contributed by atoms with Crippen molar-refractivity contribution in [2.75, 3.05) is 17.2 Å². The van der Waals surface area contributed by atoms with Gasteiger partial charge in [-0.05, 0) is 49.1 Å². The highest BCUT2D eigenvalue weighted by atomic mass is 19.1. The van der Waals surface area contributed by atoms with Gasteiger partial charge in [-0.15, -0.1) is 0 Å². The Bertz CT molecular complexity index is 1290. The number of aromatic nitrogens is 2. The maximum Gasteiger partial charge on any atom is 0.243 e. The Kier molecular flexibility index (Phi) is 8.81. The summed E-state index contributed by atoms with van der Waals surface area (Å²) >= 11 is 0. The number of benzene rings is 3. The number of nitrogens with one attached hydrogen (secondary N) is 3. The molecule has 0 aliphatic carbocycles. The summed E-state index contributed by atoms with van der Waals surface area (Å²) in [5.41, 5.74) is 5.07. The molecule has 1 amide bonds. The first-order valence-corrected chi connectivity index (χ1v) is 12.4. The second kappa shape index (κ2) is 12.6. The zero-order valence-corrected chi connectivity index (χ0v) is 21.2. The van der Waals surface area contributed by atoms with Crippen LogP contribution < -0.4 is 16.0 Å². The average Bonchev–Trinajstić information content (AvgIpc) is 2.89. The normalized spacial score (nSPS) is 11.5. The van der Waals surface area contributed by atoms with Gasteiger partial charge in [-0.3, -0.25) is 4.79 Å².